The average Bonchev–Trinajstić information content (AvgIpc) is 1.64. The van der Waals surface area contributed by atoms with Crippen LogP contribution in [-0.4, -0.2) is 31.5 Å². The molecule has 0 aromatic rings. The molecule has 0 aromatic heterocycles. The Labute approximate surface area is 55.4 Å². The van der Waals surface area contributed by atoms with Gasteiger partial charge in [0.1, 0.15) is 0 Å². The largest absolute Gasteiger partial charge is 0.490 e. The highest BCUT2D eigenvalue weighted by molar-refractivity contribution is 5.73. The van der Waals surface area contributed by atoms with Crippen LogP contribution in [0.15, 0.2) is 0 Å². The molecule has 0 atom stereocenters. The summed E-state index contributed by atoms with van der Waals surface area (Å²) in [6.07, 6.45) is -5.08. The number of hydrogen-bond acceptors (Lipinski definition) is 2. The van der Waals surface area contributed by atoms with Crippen LogP contribution in [0.4, 0.5) is 13.2 Å². The molecule has 0 bridgehead atoms. The SMILES string of the molecule is COC.O=C(O)C(F)(F)F. The predicted molar refractivity (Wildman–Crippen MR) is 26.6 cm³/mol. The molecule has 0 saturated carbocycles. The molecule has 1 N–H and O–H groups in total. The fourth-order valence-corrected chi connectivity index (χ4v) is 0. The number of carboxylic acids is 1. The first-order valence-electron chi connectivity index (χ1n) is 2.06. The molecular weight excluding hydrogens is 153 g/mol. The average molecular weight is 160 g/mol. The van der Waals surface area contributed by atoms with Gasteiger partial charge < -0.3 is 9.84 Å². The highest BCUT2D eigenvalue weighted by Gasteiger charge is 2.38. The molecule has 0 aliphatic carbocycles. The Balaban J connectivity index is 0. The molecule has 0 unspecified atom stereocenters. The van der Waals surface area contributed by atoms with Crippen LogP contribution in [0.5, 0.6) is 0 Å². The van der Waals surface area contributed by atoms with E-state index in [0.717, 1.165) is 0 Å². The molecule has 0 heterocycles. The monoisotopic (exact) mass is 160 g/mol. The minimum absolute atomic E-state index is 1.62. The summed E-state index contributed by atoms with van der Waals surface area (Å²) in [5.74, 6) is -2.76. The van der Waals surface area contributed by atoms with Gasteiger partial charge in [0.2, 0.25) is 0 Å². The Bertz CT molecular complexity index is 98.4. The second-order valence-electron chi connectivity index (χ2n) is 1.21. The lowest BCUT2D eigenvalue weighted by molar-refractivity contribution is -0.192. The van der Waals surface area contributed by atoms with Gasteiger partial charge in [-0.15, -0.1) is 0 Å². The number of ether oxygens (including phenoxy) is 1. The maximum Gasteiger partial charge on any atom is 0.490 e. The fraction of sp³-hybridized carbons (Fsp3) is 0.750. The molecule has 62 valence electrons. The summed E-state index contributed by atoms with van der Waals surface area (Å²) in [5.41, 5.74) is 0. The van der Waals surface area contributed by atoms with Gasteiger partial charge in [0.05, 0.1) is 0 Å². The zero-order chi connectivity index (χ0) is 8.78. The molecule has 0 fully saturated rings. The van der Waals surface area contributed by atoms with Gasteiger partial charge in [0, 0.05) is 14.2 Å². The molecule has 0 aliphatic heterocycles. The summed E-state index contributed by atoms with van der Waals surface area (Å²) in [7, 11) is 3.25. The molecule has 3 nitrogen and oxygen atoms in total. The summed E-state index contributed by atoms with van der Waals surface area (Å²) in [6.45, 7) is 0. The van der Waals surface area contributed by atoms with E-state index in [2.05, 4.69) is 4.74 Å². The van der Waals surface area contributed by atoms with Gasteiger partial charge in [0.25, 0.3) is 0 Å². The van der Waals surface area contributed by atoms with Crippen LogP contribution >= 0.6 is 0 Å². The van der Waals surface area contributed by atoms with Gasteiger partial charge in [-0.2, -0.15) is 13.2 Å². The zero-order valence-electron chi connectivity index (χ0n) is 5.40. The third-order valence-electron chi connectivity index (χ3n) is 0.243. The Morgan fingerprint density at radius 1 is 1.40 bits per heavy atom. The van der Waals surface area contributed by atoms with Crippen LogP contribution in [0.25, 0.3) is 0 Å². The number of methoxy groups -OCH3 is 1. The van der Waals surface area contributed by atoms with Crippen molar-refractivity contribution in [2.24, 2.45) is 0 Å². The minimum atomic E-state index is -5.08. The third-order valence-corrected chi connectivity index (χ3v) is 0.243. The Hall–Kier alpha value is -0.780. The lowest BCUT2D eigenvalue weighted by Gasteiger charge is -1.93. The van der Waals surface area contributed by atoms with Gasteiger partial charge in [-0.05, 0) is 0 Å². The smallest absolute Gasteiger partial charge is 0.475 e. The summed E-state index contributed by atoms with van der Waals surface area (Å²) < 4.78 is 36.0. The number of halogens is 3. The second kappa shape index (κ2) is 5.04. The molecule has 0 aliphatic rings. The van der Waals surface area contributed by atoms with Crippen molar-refractivity contribution in [2.45, 2.75) is 6.18 Å². The van der Waals surface area contributed by atoms with Crippen molar-refractivity contribution < 1.29 is 27.8 Å². The van der Waals surface area contributed by atoms with Crippen LogP contribution in [0.2, 0.25) is 0 Å². The van der Waals surface area contributed by atoms with E-state index in [1.165, 1.54) is 0 Å². The third kappa shape index (κ3) is 10.3. The van der Waals surface area contributed by atoms with Gasteiger partial charge in [0.15, 0.2) is 0 Å². The number of carboxylic acid groups (broad SMARTS) is 1. The maximum absolute atomic E-state index is 10.6. The van der Waals surface area contributed by atoms with E-state index < -0.39 is 12.1 Å². The van der Waals surface area contributed by atoms with Gasteiger partial charge in [-0.3, -0.25) is 0 Å². The number of hydrogen-bond donors (Lipinski definition) is 1. The topological polar surface area (TPSA) is 46.5 Å². The molecule has 0 radical (unpaired) electrons. The van der Waals surface area contributed by atoms with Crippen LogP contribution in [0, 0.1) is 0 Å². The normalized spacial score (nSPS) is 9.70. The quantitative estimate of drug-likeness (QED) is 0.572. The maximum atomic E-state index is 10.6. The first-order valence-corrected chi connectivity index (χ1v) is 2.06. The van der Waals surface area contributed by atoms with Crippen molar-refractivity contribution in [3.63, 3.8) is 0 Å². The molecule has 0 aromatic carbocycles. The van der Waals surface area contributed by atoms with Crippen molar-refractivity contribution in [3.8, 4) is 0 Å². The Morgan fingerprint density at radius 2 is 1.50 bits per heavy atom. The number of alkyl halides is 3. The molecular formula is C4H7F3O3. The summed E-state index contributed by atoms with van der Waals surface area (Å²) >= 11 is 0. The fourth-order valence-electron chi connectivity index (χ4n) is 0. The number of carbonyl (C=O) groups is 1. The van der Waals surface area contributed by atoms with Crippen LogP contribution in [0.3, 0.4) is 0 Å². The van der Waals surface area contributed by atoms with E-state index in [4.69, 9.17) is 9.90 Å². The van der Waals surface area contributed by atoms with Crippen molar-refractivity contribution >= 4 is 5.97 Å². The summed E-state index contributed by atoms with van der Waals surface area (Å²) in [6, 6.07) is 0. The van der Waals surface area contributed by atoms with E-state index in [1.54, 1.807) is 14.2 Å². The number of rotatable bonds is 0. The summed E-state index contributed by atoms with van der Waals surface area (Å²) in [5, 5.41) is 7.12. The highest BCUT2D eigenvalue weighted by Crippen LogP contribution is 2.13. The van der Waals surface area contributed by atoms with E-state index in [-0.39, 0.29) is 0 Å². The van der Waals surface area contributed by atoms with E-state index in [0.29, 0.717) is 0 Å². The second-order valence-corrected chi connectivity index (χ2v) is 1.21. The van der Waals surface area contributed by atoms with E-state index >= 15 is 0 Å². The van der Waals surface area contributed by atoms with Gasteiger partial charge in [-0.1, -0.05) is 0 Å². The molecule has 6 heteroatoms. The first kappa shape index (κ1) is 12.0. The Kier molecular flexibility index (Phi) is 6.02. The lowest BCUT2D eigenvalue weighted by Crippen LogP contribution is -2.21. The molecule has 0 rings (SSSR count). The van der Waals surface area contributed by atoms with Crippen LogP contribution < -0.4 is 0 Å². The predicted octanol–water partition coefficient (Wildman–Crippen LogP) is 0.896. The first-order chi connectivity index (χ1) is 4.36. The number of aliphatic carboxylic acids is 1. The standard InChI is InChI=1S/C2HF3O2.C2H6O/c3-2(4,5)1(6)7;1-3-2/h(H,6,7);1-2H3. The summed E-state index contributed by atoms with van der Waals surface area (Å²) in [4.78, 5) is 8.90. The molecule has 0 amide bonds. The molecule has 10 heavy (non-hydrogen) atoms. The van der Waals surface area contributed by atoms with Crippen LogP contribution in [-0.2, 0) is 9.53 Å². The van der Waals surface area contributed by atoms with E-state index in [1.807, 2.05) is 0 Å². The minimum Gasteiger partial charge on any atom is -0.475 e. The Morgan fingerprint density at radius 3 is 1.50 bits per heavy atom. The molecule has 0 saturated heterocycles. The van der Waals surface area contributed by atoms with Crippen LogP contribution in [0.1, 0.15) is 0 Å². The van der Waals surface area contributed by atoms with Crippen molar-refractivity contribution in [3.05, 3.63) is 0 Å². The van der Waals surface area contributed by atoms with Crippen molar-refractivity contribution in [2.75, 3.05) is 14.2 Å². The van der Waals surface area contributed by atoms with E-state index in [9.17, 15) is 13.2 Å². The molecule has 0 spiro atoms. The van der Waals surface area contributed by atoms with Crippen molar-refractivity contribution in [1.29, 1.82) is 0 Å². The lowest BCUT2D eigenvalue weighted by atomic mass is 10.7. The van der Waals surface area contributed by atoms with Gasteiger partial charge in [-0.25, -0.2) is 4.79 Å². The zero-order valence-corrected chi connectivity index (χ0v) is 5.40. The highest BCUT2D eigenvalue weighted by atomic mass is 19.4. The van der Waals surface area contributed by atoms with Gasteiger partial charge >= 0.3 is 12.1 Å². The van der Waals surface area contributed by atoms with Crippen molar-refractivity contribution in [1.82, 2.24) is 0 Å².